The van der Waals surface area contributed by atoms with Gasteiger partial charge in [0, 0.05) is 44.2 Å². The first-order valence-electron chi connectivity index (χ1n) is 10.6. The maximum atomic E-state index is 6.10. The largest absolute Gasteiger partial charge is 0.492 e. The number of aromatic nitrogens is 1. The van der Waals surface area contributed by atoms with E-state index in [0.717, 1.165) is 73.9 Å². The molecule has 164 valence electrons. The smallest absolute Gasteiger partial charge is 0.194 e. The average molecular weight is 432 g/mol. The minimum Gasteiger partial charge on any atom is -0.492 e. The van der Waals surface area contributed by atoms with E-state index >= 15 is 0 Å². The Bertz CT molecular complexity index is 804. The number of aliphatic imine (C=N–C) groups is 1. The highest BCUT2D eigenvalue weighted by atomic mass is 32.1. The standard InChI is InChI=1S/C22H33N5O2S/c1-4-23-22(26(3)16-20-17-30-18(2)25-20)24-15-19-7-5-6-8-21(19)29-14-11-27-9-12-28-13-10-27/h5-8,17H,4,9-16H2,1-3H3,(H,23,24). The third-order valence-electron chi connectivity index (χ3n) is 4.90. The summed E-state index contributed by atoms with van der Waals surface area (Å²) < 4.78 is 11.5. The summed E-state index contributed by atoms with van der Waals surface area (Å²) in [7, 11) is 2.04. The topological polar surface area (TPSA) is 62.2 Å². The van der Waals surface area contributed by atoms with Gasteiger partial charge in [-0.15, -0.1) is 11.3 Å². The first-order chi connectivity index (χ1) is 14.7. The van der Waals surface area contributed by atoms with Gasteiger partial charge < -0.3 is 19.7 Å². The van der Waals surface area contributed by atoms with E-state index in [2.05, 4.69) is 38.5 Å². The van der Waals surface area contributed by atoms with Crippen molar-refractivity contribution in [1.82, 2.24) is 20.1 Å². The number of aryl methyl sites for hydroxylation is 1. The number of guanidine groups is 1. The van der Waals surface area contributed by atoms with Crippen molar-refractivity contribution in [3.63, 3.8) is 0 Å². The Kier molecular flexibility index (Phi) is 8.92. The van der Waals surface area contributed by atoms with E-state index in [9.17, 15) is 0 Å². The van der Waals surface area contributed by atoms with Gasteiger partial charge in [-0.1, -0.05) is 18.2 Å². The van der Waals surface area contributed by atoms with E-state index in [1.165, 1.54) is 0 Å². The normalized spacial score (nSPS) is 15.2. The Morgan fingerprint density at radius 2 is 2.13 bits per heavy atom. The average Bonchev–Trinajstić information content (AvgIpc) is 3.17. The van der Waals surface area contributed by atoms with Crippen LogP contribution in [0.1, 0.15) is 23.2 Å². The molecule has 0 bridgehead atoms. The van der Waals surface area contributed by atoms with Crippen LogP contribution in [0.25, 0.3) is 0 Å². The van der Waals surface area contributed by atoms with Crippen LogP contribution in [0.15, 0.2) is 34.6 Å². The van der Waals surface area contributed by atoms with Gasteiger partial charge in [0.15, 0.2) is 5.96 Å². The molecule has 2 aromatic rings. The zero-order valence-corrected chi connectivity index (χ0v) is 19.1. The van der Waals surface area contributed by atoms with Gasteiger partial charge in [-0.2, -0.15) is 0 Å². The molecule has 1 aromatic heterocycles. The molecule has 1 aromatic carbocycles. The number of ether oxygens (including phenoxy) is 2. The summed E-state index contributed by atoms with van der Waals surface area (Å²) in [5.74, 6) is 1.77. The van der Waals surface area contributed by atoms with E-state index in [0.29, 0.717) is 13.2 Å². The molecule has 0 spiro atoms. The molecule has 0 aliphatic carbocycles. The lowest BCUT2D eigenvalue weighted by molar-refractivity contribution is 0.0322. The van der Waals surface area contributed by atoms with Crippen LogP contribution < -0.4 is 10.1 Å². The molecule has 0 amide bonds. The fourth-order valence-electron chi connectivity index (χ4n) is 3.31. The fourth-order valence-corrected chi connectivity index (χ4v) is 3.92. The van der Waals surface area contributed by atoms with Gasteiger partial charge in [-0.3, -0.25) is 4.90 Å². The lowest BCUT2D eigenvalue weighted by Crippen LogP contribution is -2.38. The Labute approximate surface area is 183 Å². The molecule has 0 saturated carbocycles. The van der Waals surface area contributed by atoms with Gasteiger partial charge in [-0.25, -0.2) is 9.98 Å². The van der Waals surface area contributed by atoms with Gasteiger partial charge in [0.2, 0.25) is 0 Å². The first kappa shape index (κ1) is 22.5. The van der Waals surface area contributed by atoms with Crippen molar-refractivity contribution in [2.75, 3.05) is 53.0 Å². The summed E-state index contributed by atoms with van der Waals surface area (Å²) in [5.41, 5.74) is 2.16. The zero-order valence-electron chi connectivity index (χ0n) is 18.3. The quantitative estimate of drug-likeness (QED) is 0.487. The Morgan fingerprint density at radius 3 is 2.87 bits per heavy atom. The highest BCUT2D eigenvalue weighted by Crippen LogP contribution is 2.19. The van der Waals surface area contributed by atoms with Crippen LogP contribution in [-0.4, -0.2) is 73.8 Å². The van der Waals surface area contributed by atoms with Crippen LogP contribution in [0.5, 0.6) is 5.75 Å². The van der Waals surface area contributed by atoms with E-state index < -0.39 is 0 Å². The predicted octanol–water partition coefficient (Wildman–Crippen LogP) is 2.76. The van der Waals surface area contributed by atoms with Crippen molar-refractivity contribution >= 4 is 17.3 Å². The molecular weight excluding hydrogens is 398 g/mol. The molecule has 8 heteroatoms. The summed E-state index contributed by atoms with van der Waals surface area (Å²) >= 11 is 1.68. The maximum absolute atomic E-state index is 6.10. The van der Waals surface area contributed by atoms with Crippen molar-refractivity contribution in [3.05, 3.63) is 45.9 Å². The Balaban J connectivity index is 1.59. The summed E-state index contributed by atoms with van der Waals surface area (Å²) in [6.45, 7) is 11.4. The number of morpholine rings is 1. The number of nitrogens with zero attached hydrogens (tertiary/aromatic N) is 4. The predicted molar refractivity (Wildman–Crippen MR) is 122 cm³/mol. The van der Waals surface area contributed by atoms with Gasteiger partial charge in [0.05, 0.1) is 37.0 Å². The van der Waals surface area contributed by atoms with Gasteiger partial charge >= 0.3 is 0 Å². The fraction of sp³-hybridized carbons (Fsp3) is 0.545. The highest BCUT2D eigenvalue weighted by molar-refractivity contribution is 7.09. The summed E-state index contributed by atoms with van der Waals surface area (Å²) in [4.78, 5) is 13.9. The maximum Gasteiger partial charge on any atom is 0.194 e. The Hall–Kier alpha value is -2.16. The number of hydrogen-bond donors (Lipinski definition) is 1. The number of hydrogen-bond acceptors (Lipinski definition) is 6. The molecule has 1 N–H and O–H groups in total. The molecule has 1 fully saturated rings. The molecule has 1 saturated heterocycles. The molecule has 1 aliphatic rings. The first-order valence-corrected chi connectivity index (χ1v) is 11.4. The summed E-state index contributed by atoms with van der Waals surface area (Å²) in [5, 5.41) is 6.57. The van der Waals surface area contributed by atoms with Crippen molar-refractivity contribution in [1.29, 1.82) is 0 Å². The van der Waals surface area contributed by atoms with Gasteiger partial charge in [0.25, 0.3) is 0 Å². The Morgan fingerprint density at radius 1 is 1.33 bits per heavy atom. The number of nitrogens with one attached hydrogen (secondary N) is 1. The van der Waals surface area contributed by atoms with Crippen LogP contribution in [0, 0.1) is 6.92 Å². The molecule has 2 heterocycles. The number of para-hydroxylation sites is 1. The number of benzene rings is 1. The minimum atomic E-state index is 0.566. The van der Waals surface area contributed by atoms with E-state index in [1.54, 1.807) is 11.3 Å². The van der Waals surface area contributed by atoms with Crippen LogP contribution in [-0.2, 0) is 17.8 Å². The van der Waals surface area contributed by atoms with Gasteiger partial charge in [-0.05, 0) is 19.9 Å². The van der Waals surface area contributed by atoms with Crippen LogP contribution >= 0.6 is 11.3 Å². The zero-order chi connectivity index (χ0) is 21.2. The molecule has 7 nitrogen and oxygen atoms in total. The van der Waals surface area contributed by atoms with E-state index in [4.69, 9.17) is 14.5 Å². The molecule has 0 radical (unpaired) electrons. The van der Waals surface area contributed by atoms with Gasteiger partial charge in [0.1, 0.15) is 12.4 Å². The van der Waals surface area contributed by atoms with Crippen LogP contribution in [0.3, 0.4) is 0 Å². The van der Waals surface area contributed by atoms with Crippen LogP contribution in [0.2, 0.25) is 0 Å². The molecule has 0 unspecified atom stereocenters. The number of thiazole rings is 1. The summed E-state index contributed by atoms with van der Waals surface area (Å²) in [6, 6.07) is 8.16. The second-order valence-electron chi connectivity index (χ2n) is 7.29. The molecule has 30 heavy (non-hydrogen) atoms. The SMILES string of the molecule is CCNC(=NCc1ccccc1OCCN1CCOCC1)N(C)Cc1csc(C)n1. The lowest BCUT2D eigenvalue weighted by atomic mass is 10.2. The summed E-state index contributed by atoms with van der Waals surface area (Å²) in [6.07, 6.45) is 0. The molecule has 3 rings (SSSR count). The molecule has 1 aliphatic heterocycles. The van der Waals surface area contributed by atoms with Crippen molar-refractivity contribution in [2.24, 2.45) is 4.99 Å². The van der Waals surface area contributed by atoms with E-state index in [1.807, 2.05) is 32.2 Å². The second-order valence-corrected chi connectivity index (χ2v) is 8.36. The van der Waals surface area contributed by atoms with Crippen molar-refractivity contribution < 1.29 is 9.47 Å². The molecule has 0 atom stereocenters. The van der Waals surface area contributed by atoms with E-state index in [-0.39, 0.29) is 0 Å². The third-order valence-corrected chi connectivity index (χ3v) is 5.73. The second kappa shape index (κ2) is 11.9. The van der Waals surface area contributed by atoms with Crippen LogP contribution in [0.4, 0.5) is 0 Å². The number of rotatable bonds is 9. The molecular formula is C22H33N5O2S. The monoisotopic (exact) mass is 431 g/mol. The van der Waals surface area contributed by atoms with Crippen molar-refractivity contribution in [2.45, 2.75) is 26.9 Å². The minimum absolute atomic E-state index is 0.566. The highest BCUT2D eigenvalue weighted by Gasteiger charge is 2.12. The lowest BCUT2D eigenvalue weighted by Gasteiger charge is -2.26. The third kappa shape index (κ3) is 6.97. The van der Waals surface area contributed by atoms with Crippen molar-refractivity contribution in [3.8, 4) is 5.75 Å².